The Bertz CT molecular complexity index is 1300. The van der Waals surface area contributed by atoms with Gasteiger partial charge in [0.25, 0.3) is 6.47 Å². The number of carboxylic acid groups (broad SMARTS) is 2. The van der Waals surface area contributed by atoms with Crippen LogP contribution in [0.1, 0.15) is 17.0 Å². The third-order valence-corrected chi connectivity index (χ3v) is 4.72. The monoisotopic (exact) mass is 468 g/mol. The molecule has 4 aromatic rings. The summed E-state index contributed by atoms with van der Waals surface area (Å²) < 4.78 is 15.7. The van der Waals surface area contributed by atoms with Crippen LogP contribution in [0.25, 0.3) is 17.0 Å². The largest absolute Gasteiger partial charge is 0.483 e. The summed E-state index contributed by atoms with van der Waals surface area (Å²) in [7, 11) is 0. The molecule has 3 heterocycles. The molecule has 12 nitrogen and oxygen atoms in total. The fourth-order valence-electron chi connectivity index (χ4n) is 3.26. The lowest BCUT2D eigenvalue weighted by molar-refractivity contribution is -0.122. The topological polar surface area (TPSA) is 195 Å². The summed E-state index contributed by atoms with van der Waals surface area (Å²) in [6, 6.07) is 9.99. The molecule has 13 heteroatoms. The van der Waals surface area contributed by atoms with Crippen molar-refractivity contribution < 1.29 is 24.2 Å². The van der Waals surface area contributed by atoms with Crippen LogP contribution in [0, 0.1) is 5.82 Å². The molecule has 1 aromatic carbocycles. The summed E-state index contributed by atoms with van der Waals surface area (Å²) in [5, 5.41) is 22.2. The van der Waals surface area contributed by atoms with Gasteiger partial charge in [-0.15, -0.1) is 0 Å². The Labute approximate surface area is 192 Å². The molecule has 0 radical (unpaired) electrons. The zero-order valence-corrected chi connectivity index (χ0v) is 17.7. The van der Waals surface area contributed by atoms with E-state index in [2.05, 4.69) is 25.4 Å². The van der Waals surface area contributed by atoms with Crippen molar-refractivity contribution in [2.24, 2.45) is 0 Å². The van der Waals surface area contributed by atoms with Gasteiger partial charge in [-0.3, -0.25) is 4.79 Å². The molecular formula is C21H21FN8O4. The van der Waals surface area contributed by atoms with E-state index in [1.807, 2.05) is 0 Å². The first-order chi connectivity index (χ1) is 16.3. The fourth-order valence-corrected chi connectivity index (χ4v) is 3.26. The fraction of sp³-hybridized carbons (Fsp3) is 0.143. The van der Waals surface area contributed by atoms with Crippen LogP contribution in [0.15, 0.2) is 42.6 Å². The Hall–Kier alpha value is -4.81. The van der Waals surface area contributed by atoms with Gasteiger partial charge in [0.2, 0.25) is 0 Å². The lowest BCUT2D eigenvalue weighted by Gasteiger charge is -2.09. The number of nitrogens with one attached hydrogen (secondary N) is 1. The highest BCUT2D eigenvalue weighted by Gasteiger charge is 2.19. The van der Waals surface area contributed by atoms with Crippen molar-refractivity contribution in [1.82, 2.24) is 29.9 Å². The van der Waals surface area contributed by atoms with Gasteiger partial charge in [-0.25, -0.2) is 28.7 Å². The zero-order chi connectivity index (χ0) is 24.7. The molecule has 0 unspecified atom stereocenters. The number of rotatable bonds is 6. The SMILES string of the molecule is Nc1nc(-c2nc(Cc3ccccc3F)n3ncccc23)nc(N)c1CCNC(=O)O.O=CO. The third kappa shape index (κ3) is 5.32. The van der Waals surface area contributed by atoms with Crippen LogP contribution in [0.3, 0.4) is 0 Å². The highest BCUT2D eigenvalue weighted by molar-refractivity contribution is 5.75. The molecule has 0 aliphatic carbocycles. The Balaban J connectivity index is 0.00000103. The second-order valence-corrected chi connectivity index (χ2v) is 6.85. The lowest BCUT2D eigenvalue weighted by atomic mass is 10.1. The summed E-state index contributed by atoms with van der Waals surface area (Å²) in [5.74, 6) is 0.646. The summed E-state index contributed by atoms with van der Waals surface area (Å²) in [5.41, 5.74) is 14.1. The average molecular weight is 468 g/mol. The number of hydrogen-bond acceptors (Lipinski definition) is 8. The maximum Gasteiger partial charge on any atom is 0.404 e. The van der Waals surface area contributed by atoms with Crippen LogP contribution in [-0.2, 0) is 17.6 Å². The van der Waals surface area contributed by atoms with Gasteiger partial charge in [0.15, 0.2) is 5.82 Å². The molecule has 1 amide bonds. The Kier molecular flexibility index (Phi) is 7.48. The quantitative estimate of drug-likeness (QED) is 0.259. The molecule has 0 atom stereocenters. The number of halogens is 1. The number of amides is 1. The van der Waals surface area contributed by atoms with Gasteiger partial charge in [-0.1, -0.05) is 18.2 Å². The Morgan fingerprint density at radius 1 is 1.12 bits per heavy atom. The molecule has 0 saturated carbocycles. The van der Waals surface area contributed by atoms with E-state index in [1.165, 1.54) is 6.07 Å². The molecule has 7 N–H and O–H groups in total. The summed E-state index contributed by atoms with van der Waals surface area (Å²) >= 11 is 0. The van der Waals surface area contributed by atoms with Gasteiger partial charge in [-0.2, -0.15) is 5.10 Å². The molecule has 0 fully saturated rings. The maximum absolute atomic E-state index is 14.2. The standard InChI is InChI=1S/C20H19FN8O2.CH2O2/c21-13-5-2-1-4-11(13)10-15-26-16(14-6-3-8-25-29(14)15)19-27-17(22)12(18(23)28-19)7-9-24-20(30)31;2-1-3/h1-6,8,24H,7,9-10H2,(H,30,31)(H4,22,23,27,28);1H,(H,2,3). The van der Waals surface area contributed by atoms with Crippen LogP contribution >= 0.6 is 0 Å². The van der Waals surface area contributed by atoms with Crippen molar-refractivity contribution in [2.45, 2.75) is 12.8 Å². The van der Waals surface area contributed by atoms with E-state index in [-0.39, 0.29) is 49.1 Å². The number of nitrogens with two attached hydrogens (primary N) is 2. The molecule has 34 heavy (non-hydrogen) atoms. The first-order valence-electron chi connectivity index (χ1n) is 9.88. The summed E-state index contributed by atoms with van der Waals surface area (Å²) in [6.45, 7) is -0.128. The van der Waals surface area contributed by atoms with E-state index < -0.39 is 6.09 Å². The molecule has 0 spiro atoms. The third-order valence-electron chi connectivity index (χ3n) is 4.72. The second kappa shape index (κ2) is 10.7. The molecule has 176 valence electrons. The molecular weight excluding hydrogens is 447 g/mol. The van der Waals surface area contributed by atoms with Gasteiger partial charge in [0.05, 0.1) is 5.52 Å². The van der Waals surface area contributed by atoms with Crippen LogP contribution in [-0.4, -0.2) is 53.9 Å². The van der Waals surface area contributed by atoms with Crippen molar-refractivity contribution in [3.05, 3.63) is 65.4 Å². The lowest BCUT2D eigenvalue weighted by Crippen LogP contribution is -2.24. The first-order valence-corrected chi connectivity index (χ1v) is 9.88. The molecule has 4 rings (SSSR count). The number of aromatic nitrogens is 5. The molecule has 3 aromatic heterocycles. The van der Waals surface area contributed by atoms with Gasteiger partial charge >= 0.3 is 6.09 Å². The predicted octanol–water partition coefficient (Wildman–Crippen LogP) is 1.59. The van der Waals surface area contributed by atoms with Crippen LogP contribution in [0.4, 0.5) is 20.8 Å². The predicted molar refractivity (Wildman–Crippen MR) is 120 cm³/mol. The molecule has 0 bridgehead atoms. The average Bonchev–Trinajstić information content (AvgIpc) is 3.16. The number of hydrogen-bond donors (Lipinski definition) is 5. The van der Waals surface area contributed by atoms with E-state index in [1.54, 1.807) is 41.0 Å². The Morgan fingerprint density at radius 3 is 2.44 bits per heavy atom. The van der Waals surface area contributed by atoms with Crippen LogP contribution < -0.4 is 16.8 Å². The molecule has 0 aliphatic rings. The minimum Gasteiger partial charge on any atom is -0.483 e. The number of benzene rings is 1. The van der Waals surface area contributed by atoms with E-state index in [4.69, 9.17) is 26.5 Å². The summed E-state index contributed by atoms with van der Waals surface area (Å²) in [6.07, 6.45) is 0.920. The minimum absolute atomic E-state index is 0.122. The minimum atomic E-state index is -1.14. The molecule has 0 saturated heterocycles. The number of nitrogens with zero attached hydrogens (tertiary/aromatic N) is 5. The number of carbonyl (C=O) groups is 2. The van der Waals surface area contributed by atoms with E-state index >= 15 is 0 Å². The van der Waals surface area contributed by atoms with Gasteiger partial charge < -0.3 is 27.0 Å². The number of imidazole rings is 1. The van der Waals surface area contributed by atoms with E-state index in [0.717, 1.165) is 0 Å². The van der Waals surface area contributed by atoms with Crippen molar-refractivity contribution in [1.29, 1.82) is 0 Å². The normalized spacial score (nSPS) is 10.4. The van der Waals surface area contributed by atoms with Gasteiger partial charge in [0, 0.05) is 24.7 Å². The van der Waals surface area contributed by atoms with Gasteiger partial charge in [0.1, 0.15) is 29.0 Å². The van der Waals surface area contributed by atoms with E-state index in [9.17, 15) is 9.18 Å². The van der Waals surface area contributed by atoms with Crippen molar-refractivity contribution in [2.75, 3.05) is 18.0 Å². The van der Waals surface area contributed by atoms with Crippen molar-refractivity contribution >= 4 is 29.7 Å². The maximum atomic E-state index is 14.2. The second-order valence-electron chi connectivity index (χ2n) is 6.85. The van der Waals surface area contributed by atoms with Crippen molar-refractivity contribution in [3.8, 4) is 11.5 Å². The smallest absolute Gasteiger partial charge is 0.404 e. The Morgan fingerprint density at radius 2 is 1.79 bits per heavy atom. The number of fused-ring (bicyclic) bond motifs is 1. The zero-order valence-electron chi connectivity index (χ0n) is 17.7. The highest BCUT2D eigenvalue weighted by atomic mass is 19.1. The number of anilines is 2. The van der Waals surface area contributed by atoms with Crippen molar-refractivity contribution in [3.63, 3.8) is 0 Å². The van der Waals surface area contributed by atoms with Gasteiger partial charge in [-0.05, 0) is 30.2 Å². The number of nitrogen functional groups attached to an aromatic ring is 2. The van der Waals surface area contributed by atoms with Crippen LogP contribution in [0.2, 0.25) is 0 Å². The van der Waals surface area contributed by atoms with Crippen LogP contribution in [0.5, 0.6) is 0 Å². The van der Waals surface area contributed by atoms with E-state index in [0.29, 0.717) is 28.2 Å². The summed E-state index contributed by atoms with van der Waals surface area (Å²) in [4.78, 5) is 32.2. The first kappa shape index (κ1) is 23.8. The molecule has 0 aliphatic heterocycles. The highest BCUT2D eigenvalue weighted by Crippen LogP contribution is 2.26.